The van der Waals surface area contributed by atoms with Gasteiger partial charge in [0.25, 0.3) is 0 Å². The Labute approximate surface area is 144 Å². The number of benzene rings is 1. The van der Waals surface area contributed by atoms with Gasteiger partial charge in [0.05, 0.1) is 19.1 Å². The fourth-order valence-electron chi connectivity index (χ4n) is 4.25. The minimum atomic E-state index is -0.0688. The van der Waals surface area contributed by atoms with E-state index in [9.17, 15) is 4.79 Å². The fourth-order valence-corrected chi connectivity index (χ4v) is 4.25. The van der Waals surface area contributed by atoms with Gasteiger partial charge < -0.3 is 15.0 Å². The molecule has 0 aliphatic carbocycles. The molecule has 2 unspecified atom stereocenters. The van der Waals surface area contributed by atoms with Crippen molar-refractivity contribution in [1.29, 1.82) is 0 Å². The Morgan fingerprint density at radius 1 is 1.21 bits per heavy atom. The molecule has 0 saturated carbocycles. The number of amides is 1. The Hall–Kier alpha value is -1.43. The Balaban J connectivity index is 1.36. The molecular weight excluding hydrogens is 302 g/mol. The number of ether oxygens (including phenoxy) is 1. The SMILES string of the molecule is O=C(CC1OCCc2ccccc21)N1CCC(N2CCNCC2)C1. The molecule has 24 heavy (non-hydrogen) atoms. The van der Waals surface area contributed by atoms with Gasteiger partial charge in [-0.2, -0.15) is 0 Å². The number of fused-ring (bicyclic) bond motifs is 1. The lowest BCUT2D eigenvalue weighted by molar-refractivity contribution is -0.133. The zero-order valence-corrected chi connectivity index (χ0v) is 14.2. The van der Waals surface area contributed by atoms with Crippen molar-refractivity contribution in [2.45, 2.75) is 31.4 Å². The van der Waals surface area contributed by atoms with Crippen LogP contribution in [0.4, 0.5) is 0 Å². The highest BCUT2D eigenvalue weighted by Gasteiger charge is 2.32. The lowest BCUT2D eigenvalue weighted by Crippen LogP contribution is -2.49. The van der Waals surface area contributed by atoms with E-state index in [4.69, 9.17) is 4.74 Å². The summed E-state index contributed by atoms with van der Waals surface area (Å²) in [7, 11) is 0. The zero-order valence-electron chi connectivity index (χ0n) is 14.2. The number of carbonyl (C=O) groups is 1. The van der Waals surface area contributed by atoms with E-state index in [2.05, 4.69) is 28.4 Å². The number of rotatable bonds is 3. The van der Waals surface area contributed by atoms with E-state index >= 15 is 0 Å². The molecule has 3 heterocycles. The topological polar surface area (TPSA) is 44.8 Å². The Kier molecular flexibility index (Phi) is 4.83. The van der Waals surface area contributed by atoms with E-state index in [1.165, 1.54) is 11.1 Å². The van der Waals surface area contributed by atoms with E-state index in [-0.39, 0.29) is 12.0 Å². The van der Waals surface area contributed by atoms with Crippen LogP contribution in [0.3, 0.4) is 0 Å². The van der Waals surface area contributed by atoms with Crippen molar-refractivity contribution >= 4 is 5.91 Å². The van der Waals surface area contributed by atoms with Gasteiger partial charge in [0, 0.05) is 45.3 Å². The van der Waals surface area contributed by atoms with Crippen LogP contribution >= 0.6 is 0 Å². The molecule has 2 fully saturated rings. The van der Waals surface area contributed by atoms with E-state index < -0.39 is 0 Å². The zero-order chi connectivity index (χ0) is 16.4. The van der Waals surface area contributed by atoms with Crippen LogP contribution in [-0.4, -0.2) is 67.6 Å². The second-order valence-electron chi connectivity index (χ2n) is 7.08. The highest BCUT2D eigenvalue weighted by Crippen LogP contribution is 2.30. The second-order valence-corrected chi connectivity index (χ2v) is 7.08. The molecule has 2 saturated heterocycles. The third-order valence-electron chi connectivity index (χ3n) is 5.64. The van der Waals surface area contributed by atoms with Crippen molar-refractivity contribution in [1.82, 2.24) is 15.1 Å². The first-order valence-electron chi connectivity index (χ1n) is 9.23. The molecule has 0 spiro atoms. The van der Waals surface area contributed by atoms with Gasteiger partial charge in [-0.25, -0.2) is 0 Å². The molecular formula is C19H27N3O2. The third kappa shape index (κ3) is 3.34. The number of likely N-dealkylation sites (tertiary alicyclic amines) is 1. The summed E-state index contributed by atoms with van der Waals surface area (Å²) in [6, 6.07) is 8.92. The van der Waals surface area contributed by atoms with Gasteiger partial charge in [-0.15, -0.1) is 0 Å². The fraction of sp³-hybridized carbons (Fsp3) is 0.632. The number of hydrogen-bond acceptors (Lipinski definition) is 4. The average Bonchev–Trinajstić information content (AvgIpc) is 3.13. The lowest BCUT2D eigenvalue weighted by atomic mass is 9.95. The summed E-state index contributed by atoms with van der Waals surface area (Å²) in [5.74, 6) is 0.245. The van der Waals surface area contributed by atoms with Crippen molar-refractivity contribution < 1.29 is 9.53 Å². The minimum Gasteiger partial charge on any atom is -0.373 e. The van der Waals surface area contributed by atoms with Crippen molar-refractivity contribution in [2.75, 3.05) is 45.9 Å². The van der Waals surface area contributed by atoms with Crippen molar-refractivity contribution in [3.05, 3.63) is 35.4 Å². The monoisotopic (exact) mass is 329 g/mol. The number of hydrogen-bond donors (Lipinski definition) is 1. The van der Waals surface area contributed by atoms with Crippen LogP contribution < -0.4 is 5.32 Å². The van der Waals surface area contributed by atoms with Crippen LogP contribution in [0.5, 0.6) is 0 Å². The molecule has 5 heteroatoms. The molecule has 0 bridgehead atoms. The van der Waals surface area contributed by atoms with Crippen LogP contribution in [0.25, 0.3) is 0 Å². The highest BCUT2D eigenvalue weighted by atomic mass is 16.5. The van der Waals surface area contributed by atoms with Crippen molar-refractivity contribution in [2.24, 2.45) is 0 Å². The maximum atomic E-state index is 12.8. The summed E-state index contributed by atoms with van der Waals surface area (Å²) in [6.07, 6.45) is 2.47. The third-order valence-corrected chi connectivity index (χ3v) is 5.64. The first-order chi connectivity index (χ1) is 11.8. The molecule has 5 nitrogen and oxygen atoms in total. The molecule has 4 rings (SSSR count). The second kappa shape index (κ2) is 7.21. The molecule has 130 valence electrons. The Bertz CT molecular complexity index is 586. The molecule has 1 N–H and O–H groups in total. The van der Waals surface area contributed by atoms with Crippen LogP contribution in [-0.2, 0) is 16.0 Å². The summed E-state index contributed by atoms with van der Waals surface area (Å²) in [4.78, 5) is 17.4. The molecule has 2 atom stereocenters. The number of carbonyl (C=O) groups excluding carboxylic acids is 1. The van der Waals surface area contributed by atoms with Crippen molar-refractivity contribution in [3.63, 3.8) is 0 Å². The molecule has 3 aliphatic heterocycles. The van der Waals surface area contributed by atoms with E-state index in [0.29, 0.717) is 12.5 Å². The summed E-state index contributed by atoms with van der Waals surface area (Å²) in [5, 5.41) is 3.40. The Morgan fingerprint density at radius 3 is 2.92 bits per heavy atom. The van der Waals surface area contributed by atoms with Gasteiger partial charge in [0.1, 0.15) is 0 Å². The smallest absolute Gasteiger partial charge is 0.225 e. The summed E-state index contributed by atoms with van der Waals surface area (Å²) >= 11 is 0. The van der Waals surface area contributed by atoms with Crippen LogP contribution in [0.1, 0.15) is 30.1 Å². The van der Waals surface area contributed by atoms with Gasteiger partial charge in [-0.3, -0.25) is 9.69 Å². The maximum absolute atomic E-state index is 12.8. The van der Waals surface area contributed by atoms with Gasteiger partial charge >= 0.3 is 0 Å². The van der Waals surface area contributed by atoms with Gasteiger partial charge in [0.2, 0.25) is 5.91 Å². The summed E-state index contributed by atoms with van der Waals surface area (Å²) < 4.78 is 5.91. The molecule has 3 aliphatic rings. The number of nitrogens with one attached hydrogen (secondary N) is 1. The normalized spacial score (nSPS) is 27.9. The predicted molar refractivity (Wildman–Crippen MR) is 92.9 cm³/mol. The van der Waals surface area contributed by atoms with Crippen molar-refractivity contribution in [3.8, 4) is 0 Å². The quantitative estimate of drug-likeness (QED) is 0.905. The first-order valence-corrected chi connectivity index (χ1v) is 9.23. The molecule has 1 aromatic carbocycles. The molecule has 1 amide bonds. The average molecular weight is 329 g/mol. The predicted octanol–water partition coefficient (Wildman–Crippen LogP) is 1.20. The molecule has 0 radical (unpaired) electrons. The molecule has 0 aromatic heterocycles. The van der Waals surface area contributed by atoms with E-state index in [1.807, 2.05) is 11.0 Å². The van der Waals surface area contributed by atoms with Crippen LogP contribution in [0.2, 0.25) is 0 Å². The van der Waals surface area contributed by atoms with Gasteiger partial charge in [-0.1, -0.05) is 24.3 Å². The molecule has 1 aromatic rings. The first kappa shape index (κ1) is 16.1. The Morgan fingerprint density at radius 2 is 2.04 bits per heavy atom. The lowest BCUT2D eigenvalue weighted by Gasteiger charge is -2.32. The van der Waals surface area contributed by atoms with Crippen LogP contribution in [0, 0.1) is 0 Å². The maximum Gasteiger partial charge on any atom is 0.225 e. The number of piperazine rings is 1. The van der Waals surface area contributed by atoms with E-state index in [1.54, 1.807) is 0 Å². The van der Waals surface area contributed by atoms with Gasteiger partial charge in [0.15, 0.2) is 0 Å². The van der Waals surface area contributed by atoms with E-state index in [0.717, 1.165) is 58.7 Å². The highest BCUT2D eigenvalue weighted by molar-refractivity contribution is 5.77. The minimum absolute atomic E-state index is 0.0688. The van der Waals surface area contributed by atoms with Gasteiger partial charge in [-0.05, 0) is 24.0 Å². The summed E-state index contributed by atoms with van der Waals surface area (Å²) in [6.45, 7) is 6.83. The largest absolute Gasteiger partial charge is 0.373 e. The van der Waals surface area contributed by atoms with Crippen LogP contribution in [0.15, 0.2) is 24.3 Å². The summed E-state index contributed by atoms with van der Waals surface area (Å²) in [5.41, 5.74) is 2.54. The number of nitrogens with zero attached hydrogens (tertiary/aromatic N) is 2. The standard InChI is InChI=1S/C19H27N3O2/c23-19(13-18-17-4-2-1-3-15(17)6-12-24-18)22-9-5-16(14-22)21-10-7-20-8-11-21/h1-4,16,18,20H,5-14H2.